The Labute approximate surface area is 137 Å². The fraction of sp³-hybridized carbons (Fsp3) is 0.625. The number of hydrogen-bond acceptors (Lipinski definition) is 4. The van der Waals surface area contributed by atoms with E-state index in [1.165, 1.54) is 11.5 Å². The Morgan fingerprint density at radius 2 is 2.05 bits per heavy atom. The SMILES string of the molecule is C#CCN1CN(C(C)(C)C)CN(c2snc(CC)c2C)C1=O. The lowest BCUT2D eigenvalue weighted by molar-refractivity contribution is 0.0571. The molecule has 0 aliphatic carbocycles. The summed E-state index contributed by atoms with van der Waals surface area (Å²) in [5.74, 6) is 2.58. The van der Waals surface area contributed by atoms with E-state index in [0.717, 1.165) is 22.7 Å². The van der Waals surface area contributed by atoms with E-state index in [1.807, 2.05) is 6.92 Å². The Hall–Kier alpha value is -1.58. The molecule has 2 heterocycles. The van der Waals surface area contributed by atoms with Gasteiger partial charge in [-0.1, -0.05) is 12.8 Å². The predicted molar refractivity (Wildman–Crippen MR) is 91.0 cm³/mol. The Balaban J connectivity index is 2.37. The van der Waals surface area contributed by atoms with E-state index in [4.69, 9.17) is 6.42 Å². The van der Waals surface area contributed by atoms with Crippen molar-refractivity contribution < 1.29 is 4.79 Å². The zero-order chi connectivity index (χ0) is 16.5. The number of urea groups is 1. The first kappa shape index (κ1) is 16.8. The molecule has 0 N–H and O–H groups in total. The van der Waals surface area contributed by atoms with Crippen LogP contribution in [0.3, 0.4) is 0 Å². The minimum atomic E-state index is -0.0437. The minimum Gasteiger partial charge on any atom is -0.300 e. The van der Waals surface area contributed by atoms with Crippen LogP contribution in [0, 0.1) is 19.3 Å². The van der Waals surface area contributed by atoms with Crippen LogP contribution in [0.1, 0.15) is 39.0 Å². The van der Waals surface area contributed by atoms with E-state index in [-0.39, 0.29) is 11.6 Å². The predicted octanol–water partition coefficient (Wildman–Crippen LogP) is 2.90. The van der Waals surface area contributed by atoms with Gasteiger partial charge in [0, 0.05) is 11.1 Å². The van der Waals surface area contributed by atoms with Crippen molar-refractivity contribution in [3.05, 3.63) is 11.3 Å². The lowest BCUT2D eigenvalue weighted by atomic mass is 10.1. The van der Waals surface area contributed by atoms with Gasteiger partial charge in [-0.3, -0.25) is 9.80 Å². The second kappa shape index (κ2) is 6.27. The summed E-state index contributed by atoms with van der Waals surface area (Å²) < 4.78 is 4.47. The number of rotatable bonds is 3. The van der Waals surface area contributed by atoms with Gasteiger partial charge in [0.15, 0.2) is 0 Å². The molecule has 0 spiro atoms. The molecule has 0 bridgehead atoms. The quantitative estimate of drug-likeness (QED) is 0.804. The van der Waals surface area contributed by atoms with Crippen molar-refractivity contribution in [2.75, 3.05) is 24.8 Å². The van der Waals surface area contributed by atoms with Crippen LogP contribution in [-0.4, -0.2) is 45.6 Å². The Kier molecular flexibility index (Phi) is 4.78. The van der Waals surface area contributed by atoms with Crippen molar-refractivity contribution in [3.8, 4) is 12.3 Å². The number of anilines is 1. The highest BCUT2D eigenvalue weighted by atomic mass is 32.1. The van der Waals surface area contributed by atoms with Gasteiger partial charge in [-0.2, -0.15) is 4.37 Å². The van der Waals surface area contributed by atoms with Crippen LogP contribution in [0.25, 0.3) is 0 Å². The molecular weight excluding hydrogens is 296 g/mol. The lowest BCUT2D eigenvalue weighted by Crippen LogP contribution is -2.62. The number of aromatic nitrogens is 1. The molecule has 120 valence electrons. The number of amides is 2. The smallest absolute Gasteiger partial charge is 0.300 e. The highest BCUT2D eigenvalue weighted by molar-refractivity contribution is 7.10. The van der Waals surface area contributed by atoms with Crippen LogP contribution in [0.5, 0.6) is 0 Å². The maximum absolute atomic E-state index is 12.7. The van der Waals surface area contributed by atoms with Gasteiger partial charge in [-0.25, -0.2) is 4.79 Å². The maximum atomic E-state index is 12.7. The van der Waals surface area contributed by atoms with E-state index in [9.17, 15) is 4.79 Å². The molecule has 1 aromatic heterocycles. The molecule has 5 nitrogen and oxygen atoms in total. The van der Waals surface area contributed by atoms with Gasteiger partial charge >= 0.3 is 6.03 Å². The second-order valence-electron chi connectivity index (χ2n) is 6.52. The first-order valence-electron chi connectivity index (χ1n) is 7.49. The summed E-state index contributed by atoms with van der Waals surface area (Å²) in [6, 6.07) is -0.0344. The molecule has 0 saturated carbocycles. The molecule has 1 fully saturated rings. The van der Waals surface area contributed by atoms with Crippen LogP contribution in [0.15, 0.2) is 0 Å². The Morgan fingerprint density at radius 1 is 1.36 bits per heavy atom. The molecule has 0 radical (unpaired) electrons. The molecule has 1 aromatic rings. The molecule has 0 atom stereocenters. The minimum absolute atomic E-state index is 0.0344. The number of nitrogens with zero attached hydrogens (tertiary/aromatic N) is 4. The van der Waals surface area contributed by atoms with Gasteiger partial charge in [-0.05, 0) is 45.6 Å². The van der Waals surface area contributed by atoms with Crippen molar-refractivity contribution >= 4 is 22.6 Å². The van der Waals surface area contributed by atoms with Crippen molar-refractivity contribution in [1.82, 2.24) is 14.2 Å². The third-order valence-corrected chi connectivity index (χ3v) is 4.97. The summed E-state index contributed by atoms with van der Waals surface area (Å²) >= 11 is 1.39. The summed E-state index contributed by atoms with van der Waals surface area (Å²) in [7, 11) is 0. The average molecular weight is 320 g/mol. The third kappa shape index (κ3) is 3.11. The molecule has 1 saturated heterocycles. The lowest BCUT2D eigenvalue weighted by Gasteiger charge is -2.46. The van der Waals surface area contributed by atoms with Gasteiger partial charge in [0.1, 0.15) is 5.00 Å². The topological polar surface area (TPSA) is 39.7 Å². The maximum Gasteiger partial charge on any atom is 0.328 e. The molecule has 0 unspecified atom stereocenters. The molecular formula is C16H24N4OS. The monoisotopic (exact) mass is 320 g/mol. The van der Waals surface area contributed by atoms with Crippen molar-refractivity contribution in [2.24, 2.45) is 0 Å². The molecule has 1 aliphatic rings. The number of carbonyl (C=O) groups is 1. The van der Waals surface area contributed by atoms with Gasteiger partial charge in [0.2, 0.25) is 0 Å². The van der Waals surface area contributed by atoms with E-state index >= 15 is 0 Å². The second-order valence-corrected chi connectivity index (χ2v) is 7.27. The number of aryl methyl sites for hydroxylation is 1. The van der Waals surface area contributed by atoms with Crippen molar-refractivity contribution in [3.63, 3.8) is 0 Å². The van der Waals surface area contributed by atoms with Gasteiger partial charge in [0.25, 0.3) is 0 Å². The van der Waals surface area contributed by atoms with Crippen LogP contribution < -0.4 is 4.90 Å². The standard InChI is InChI=1S/C16H24N4OS/c1-7-9-18-10-19(16(4,5)6)11-20(15(18)21)14-12(3)13(8-2)17-22-14/h1H,8-11H2,2-6H3. The third-order valence-electron chi connectivity index (χ3n) is 3.96. The van der Waals surface area contributed by atoms with E-state index in [1.54, 1.807) is 9.80 Å². The molecule has 6 heteroatoms. The highest BCUT2D eigenvalue weighted by Crippen LogP contribution is 2.32. The largest absolute Gasteiger partial charge is 0.328 e. The Bertz CT molecular complexity index is 596. The zero-order valence-electron chi connectivity index (χ0n) is 14.0. The van der Waals surface area contributed by atoms with Gasteiger partial charge in [0.05, 0.1) is 25.6 Å². The molecule has 1 aliphatic heterocycles. The zero-order valence-corrected chi connectivity index (χ0v) is 14.8. The molecule has 22 heavy (non-hydrogen) atoms. The summed E-state index contributed by atoms with van der Waals surface area (Å²) in [6.07, 6.45) is 6.30. The molecule has 2 rings (SSSR count). The normalized spacial score (nSPS) is 17.0. The fourth-order valence-corrected chi connectivity index (χ4v) is 3.41. The first-order valence-corrected chi connectivity index (χ1v) is 8.27. The Morgan fingerprint density at radius 3 is 2.55 bits per heavy atom. The van der Waals surface area contributed by atoms with Gasteiger partial charge < -0.3 is 4.90 Å². The average Bonchev–Trinajstić information content (AvgIpc) is 2.81. The van der Waals surface area contributed by atoms with E-state index in [2.05, 4.69) is 42.9 Å². The van der Waals surface area contributed by atoms with Crippen LogP contribution in [-0.2, 0) is 6.42 Å². The first-order chi connectivity index (χ1) is 10.3. The van der Waals surface area contributed by atoms with E-state index in [0.29, 0.717) is 19.9 Å². The van der Waals surface area contributed by atoms with Crippen LogP contribution >= 0.6 is 11.5 Å². The fourth-order valence-electron chi connectivity index (χ4n) is 2.46. The molecule has 0 aromatic carbocycles. The summed E-state index contributed by atoms with van der Waals surface area (Å²) in [5, 5.41) is 0.929. The van der Waals surface area contributed by atoms with Crippen molar-refractivity contribution in [2.45, 2.75) is 46.6 Å². The number of carbonyl (C=O) groups excluding carboxylic acids is 1. The van der Waals surface area contributed by atoms with Gasteiger partial charge in [-0.15, -0.1) is 6.42 Å². The summed E-state index contributed by atoms with van der Waals surface area (Å²) in [6.45, 7) is 12.0. The van der Waals surface area contributed by atoms with E-state index < -0.39 is 0 Å². The summed E-state index contributed by atoms with van der Waals surface area (Å²) in [4.78, 5) is 18.5. The molecule has 2 amide bonds. The highest BCUT2D eigenvalue weighted by Gasteiger charge is 2.37. The summed E-state index contributed by atoms with van der Waals surface area (Å²) in [5.41, 5.74) is 2.11. The van der Waals surface area contributed by atoms with Crippen LogP contribution in [0.4, 0.5) is 9.80 Å². The van der Waals surface area contributed by atoms with Crippen molar-refractivity contribution in [1.29, 1.82) is 0 Å². The number of terminal acetylenes is 1. The van der Waals surface area contributed by atoms with Crippen LogP contribution in [0.2, 0.25) is 0 Å². The number of hydrogen-bond donors (Lipinski definition) is 0.